The van der Waals surface area contributed by atoms with E-state index in [1.807, 2.05) is 0 Å². The summed E-state index contributed by atoms with van der Waals surface area (Å²) in [7, 11) is -3.57. The fourth-order valence-corrected chi connectivity index (χ4v) is 3.39. The molecule has 1 heterocycles. The molecule has 0 unspecified atom stereocenters. The largest absolute Gasteiger partial charge is 0.392 e. The summed E-state index contributed by atoms with van der Waals surface area (Å²) in [4.78, 5) is 0. The van der Waals surface area contributed by atoms with Gasteiger partial charge in [-0.1, -0.05) is 12.8 Å². The molecule has 0 aliphatic heterocycles. The minimum atomic E-state index is -3.57. The van der Waals surface area contributed by atoms with Gasteiger partial charge in [0.1, 0.15) is 0 Å². The lowest BCUT2D eigenvalue weighted by atomic mass is 10.3. The fraction of sp³-hybridized carbons (Fsp3) is 0.667. The molecule has 0 saturated heterocycles. The second-order valence-corrected chi connectivity index (χ2v) is 5.64. The van der Waals surface area contributed by atoms with Gasteiger partial charge < -0.3 is 5.11 Å². The summed E-state index contributed by atoms with van der Waals surface area (Å²) in [5.74, 6) is 0. The van der Waals surface area contributed by atoms with Gasteiger partial charge in [-0.25, -0.2) is 13.1 Å². The van der Waals surface area contributed by atoms with E-state index < -0.39 is 10.0 Å². The van der Waals surface area contributed by atoms with Crippen LogP contribution in [0.2, 0.25) is 0 Å². The van der Waals surface area contributed by atoms with E-state index in [4.69, 9.17) is 5.11 Å². The van der Waals surface area contributed by atoms with Gasteiger partial charge in [-0.15, -0.1) is 0 Å². The molecule has 1 fully saturated rings. The van der Waals surface area contributed by atoms with Crippen molar-refractivity contribution in [1.82, 2.24) is 14.9 Å². The van der Waals surface area contributed by atoms with Crippen molar-refractivity contribution >= 4 is 10.0 Å². The third kappa shape index (κ3) is 2.26. The molecule has 0 amide bonds. The molecule has 1 aromatic heterocycles. The lowest BCUT2D eigenvalue weighted by Crippen LogP contribution is -2.33. The molecule has 7 heteroatoms. The molecule has 0 bridgehead atoms. The molecule has 6 nitrogen and oxygen atoms in total. The normalized spacial score (nSPS) is 18.1. The van der Waals surface area contributed by atoms with Crippen molar-refractivity contribution in [1.29, 1.82) is 0 Å². The van der Waals surface area contributed by atoms with Crippen molar-refractivity contribution in [2.75, 3.05) is 0 Å². The molecule has 0 aromatic carbocycles. The van der Waals surface area contributed by atoms with E-state index in [9.17, 15) is 8.42 Å². The number of rotatable bonds is 4. The number of aromatic amines is 1. The maximum atomic E-state index is 11.9. The molecule has 1 aliphatic rings. The number of sulfonamides is 1. The van der Waals surface area contributed by atoms with E-state index in [1.54, 1.807) is 0 Å². The summed E-state index contributed by atoms with van der Waals surface area (Å²) in [6.07, 6.45) is 5.19. The molecule has 0 atom stereocenters. The van der Waals surface area contributed by atoms with Crippen LogP contribution in [0.25, 0.3) is 0 Å². The van der Waals surface area contributed by atoms with Gasteiger partial charge in [0.15, 0.2) is 5.03 Å². The first-order valence-corrected chi connectivity index (χ1v) is 6.77. The molecule has 2 rings (SSSR count). The highest BCUT2D eigenvalue weighted by molar-refractivity contribution is 7.89. The van der Waals surface area contributed by atoms with Crippen molar-refractivity contribution in [3.63, 3.8) is 0 Å². The van der Waals surface area contributed by atoms with Crippen LogP contribution in [-0.2, 0) is 16.6 Å². The second kappa shape index (κ2) is 4.52. The van der Waals surface area contributed by atoms with Crippen LogP contribution in [-0.4, -0.2) is 29.8 Å². The van der Waals surface area contributed by atoms with E-state index in [0.29, 0.717) is 5.56 Å². The zero-order valence-corrected chi connectivity index (χ0v) is 9.63. The summed E-state index contributed by atoms with van der Waals surface area (Å²) < 4.78 is 26.5. The smallest absolute Gasteiger partial charge is 0.258 e. The van der Waals surface area contributed by atoms with Gasteiger partial charge >= 0.3 is 0 Å². The van der Waals surface area contributed by atoms with Gasteiger partial charge in [-0.05, 0) is 12.8 Å². The SMILES string of the molecule is O=S(=O)(NC1CCCC1)c1[nH]ncc1CO. The van der Waals surface area contributed by atoms with Crippen molar-refractivity contribution in [3.8, 4) is 0 Å². The maximum absolute atomic E-state index is 11.9. The van der Waals surface area contributed by atoms with Gasteiger partial charge in [0.05, 0.1) is 12.8 Å². The summed E-state index contributed by atoms with van der Waals surface area (Å²) in [6.45, 7) is -0.336. The Kier molecular flexibility index (Phi) is 3.27. The van der Waals surface area contributed by atoms with E-state index in [2.05, 4.69) is 14.9 Å². The van der Waals surface area contributed by atoms with Crippen molar-refractivity contribution in [2.45, 2.75) is 43.4 Å². The highest BCUT2D eigenvalue weighted by Gasteiger charge is 2.25. The van der Waals surface area contributed by atoms with Crippen LogP contribution in [0.1, 0.15) is 31.2 Å². The molecular weight excluding hydrogens is 230 g/mol. The van der Waals surface area contributed by atoms with Crippen molar-refractivity contribution in [3.05, 3.63) is 11.8 Å². The zero-order chi connectivity index (χ0) is 11.6. The number of nitrogens with zero attached hydrogens (tertiary/aromatic N) is 1. The van der Waals surface area contributed by atoms with Crippen LogP contribution >= 0.6 is 0 Å². The van der Waals surface area contributed by atoms with E-state index >= 15 is 0 Å². The topological polar surface area (TPSA) is 95.1 Å². The summed E-state index contributed by atoms with van der Waals surface area (Å²) >= 11 is 0. The van der Waals surface area contributed by atoms with Crippen LogP contribution in [0.15, 0.2) is 11.2 Å². The Morgan fingerprint density at radius 1 is 1.50 bits per heavy atom. The third-order valence-electron chi connectivity index (χ3n) is 2.79. The molecule has 90 valence electrons. The highest BCUT2D eigenvalue weighted by Crippen LogP contribution is 2.20. The Bertz CT molecular complexity index is 448. The standard InChI is InChI=1S/C9H15N3O3S/c13-6-7-5-10-11-9(7)16(14,15)12-8-3-1-2-4-8/h5,8,12-13H,1-4,6H2,(H,10,11). The zero-order valence-electron chi connectivity index (χ0n) is 8.81. The van der Waals surface area contributed by atoms with E-state index in [-0.39, 0.29) is 17.7 Å². The second-order valence-electron chi connectivity index (χ2n) is 3.99. The molecule has 1 aliphatic carbocycles. The summed E-state index contributed by atoms with van der Waals surface area (Å²) in [5.41, 5.74) is 0.297. The Hall–Kier alpha value is -0.920. The Morgan fingerprint density at radius 2 is 2.19 bits per heavy atom. The molecule has 0 radical (unpaired) electrons. The van der Waals surface area contributed by atoms with Gasteiger partial charge in [0, 0.05) is 11.6 Å². The van der Waals surface area contributed by atoms with E-state index in [1.165, 1.54) is 6.20 Å². The van der Waals surface area contributed by atoms with E-state index in [0.717, 1.165) is 25.7 Å². The average Bonchev–Trinajstić information content (AvgIpc) is 2.85. The van der Waals surface area contributed by atoms with Gasteiger partial charge in [0.25, 0.3) is 10.0 Å². The number of H-pyrrole nitrogens is 1. The summed E-state index contributed by atoms with van der Waals surface area (Å²) in [6, 6.07) is 0.0137. The highest BCUT2D eigenvalue weighted by atomic mass is 32.2. The number of hydrogen-bond donors (Lipinski definition) is 3. The predicted molar refractivity (Wildman–Crippen MR) is 57.1 cm³/mol. The number of aliphatic hydroxyl groups is 1. The lowest BCUT2D eigenvalue weighted by molar-refractivity contribution is 0.278. The van der Waals surface area contributed by atoms with Crippen LogP contribution in [0.5, 0.6) is 0 Å². The van der Waals surface area contributed by atoms with Crippen LogP contribution < -0.4 is 4.72 Å². The molecule has 1 saturated carbocycles. The predicted octanol–water partition coefficient (Wildman–Crippen LogP) is 0.123. The molecule has 0 spiro atoms. The van der Waals surface area contributed by atoms with Gasteiger partial charge in [-0.2, -0.15) is 5.10 Å². The molecular formula is C9H15N3O3S. The maximum Gasteiger partial charge on any atom is 0.258 e. The number of aliphatic hydroxyl groups excluding tert-OH is 1. The van der Waals surface area contributed by atoms with Gasteiger partial charge in [-0.3, -0.25) is 5.10 Å². The molecule has 16 heavy (non-hydrogen) atoms. The minimum Gasteiger partial charge on any atom is -0.392 e. The van der Waals surface area contributed by atoms with Crippen LogP contribution in [0.3, 0.4) is 0 Å². The third-order valence-corrected chi connectivity index (χ3v) is 4.33. The van der Waals surface area contributed by atoms with Crippen molar-refractivity contribution < 1.29 is 13.5 Å². The van der Waals surface area contributed by atoms with Crippen molar-refractivity contribution in [2.24, 2.45) is 0 Å². The van der Waals surface area contributed by atoms with Gasteiger partial charge in [0.2, 0.25) is 0 Å². The minimum absolute atomic E-state index is 0.0137. The summed E-state index contributed by atoms with van der Waals surface area (Å²) in [5, 5.41) is 15.0. The average molecular weight is 245 g/mol. The first kappa shape index (κ1) is 11.6. The number of nitrogens with one attached hydrogen (secondary N) is 2. The molecule has 1 aromatic rings. The monoisotopic (exact) mass is 245 g/mol. The van der Waals surface area contributed by atoms with Crippen LogP contribution in [0, 0.1) is 0 Å². The Labute approximate surface area is 94.1 Å². The Balaban J connectivity index is 2.18. The van der Waals surface area contributed by atoms with Crippen LogP contribution in [0.4, 0.5) is 0 Å². The number of hydrogen-bond acceptors (Lipinski definition) is 4. The number of aromatic nitrogens is 2. The Morgan fingerprint density at radius 3 is 2.81 bits per heavy atom. The fourth-order valence-electron chi connectivity index (χ4n) is 1.97. The lowest BCUT2D eigenvalue weighted by Gasteiger charge is -2.11. The first-order valence-electron chi connectivity index (χ1n) is 5.29. The molecule has 3 N–H and O–H groups in total. The quantitative estimate of drug-likeness (QED) is 0.702. The first-order chi connectivity index (χ1) is 7.63.